The Bertz CT molecular complexity index is 904. The summed E-state index contributed by atoms with van der Waals surface area (Å²) in [6.45, 7) is 7.69. The highest BCUT2D eigenvalue weighted by molar-refractivity contribution is 7.91. The second-order valence-electron chi connectivity index (χ2n) is 9.21. The Labute approximate surface area is 180 Å². The van der Waals surface area contributed by atoms with Gasteiger partial charge in [0.15, 0.2) is 9.84 Å². The minimum Gasteiger partial charge on any atom is -0.491 e. The molecule has 3 rings (SSSR count). The Balaban J connectivity index is 1.67. The summed E-state index contributed by atoms with van der Waals surface area (Å²) >= 11 is 0. The maximum absolute atomic E-state index is 12.0. The number of benzene rings is 2. The third kappa shape index (κ3) is 6.56. The number of aliphatic hydroxyl groups excluding tert-OH is 1. The van der Waals surface area contributed by atoms with Crippen LogP contribution in [0.15, 0.2) is 54.6 Å². The summed E-state index contributed by atoms with van der Waals surface area (Å²) in [5.74, 6) is 1.08. The monoisotopic (exact) mass is 431 g/mol. The average molecular weight is 432 g/mol. The molecule has 2 aromatic rings. The molecule has 0 bridgehead atoms. The molecule has 1 fully saturated rings. The first-order valence-electron chi connectivity index (χ1n) is 10.5. The van der Waals surface area contributed by atoms with Gasteiger partial charge in [0.1, 0.15) is 18.5 Å². The van der Waals surface area contributed by atoms with Gasteiger partial charge in [-0.3, -0.25) is 4.90 Å². The predicted molar refractivity (Wildman–Crippen MR) is 121 cm³/mol. The van der Waals surface area contributed by atoms with E-state index in [1.807, 2.05) is 30.3 Å². The van der Waals surface area contributed by atoms with Crippen LogP contribution in [0.5, 0.6) is 5.75 Å². The largest absolute Gasteiger partial charge is 0.491 e. The van der Waals surface area contributed by atoms with Gasteiger partial charge in [-0.05, 0) is 35.1 Å². The van der Waals surface area contributed by atoms with E-state index in [1.165, 1.54) is 5.56 Å². The van der Waals surface area contributed by atoms with Gasteiger partial charge in [-0.1, -0.05) is 63.2 Å². The molecule has 0 aliphatic carbocycles. The van der Waals surface area contributed by atoms with Gasteiger partial charge in [0.25, 0.3) is 0 Å². The lowest BCUT2D eigenvalue weighted by Gasteiger charge is -2.30. The standard InChI is InChI=1S/C24H33NO4S/c1-24(2,3)20-11-9-19(10-12-20)15-25(21-13-14-30(27,28)18-21)16-22(26)17-29-23-7-5-4-6-8-23/h4-12,21-22,26H,13-18H2,1-3H3. The smallest absolute Gasteiger partial charge is 0.151 e. The van der Waals surface area contributed by atoms with E-state index in [0.717, 1.165) is 5.56 Å². The number of ether oxygens (including phenoxy) is 1. The van der Waals surface area contributed by atoms with Crippen LogP contribution in [0, 0.1) is 0 Å². The second kappa shape index (κ2) is 9.50. The van der Waals surface area contributed by atoms with Gasteiger partial charge in [-0.2, -0.15) is 0 Å². The van der Waals surface area contributed by atoms with Gasteiger partial charge >= 0.3 is 0 Å². The Hall–Kier alpha value is -1.89. The topological polar surface area (TPSA) is 66.8 Å². The van der Waals surface area contributed by atoms with E-state index >= 15 is 0 Å². The van der Waals surface area contributed by atoms with E-state index in [0.29, 0.717) is 25.3 Å². The van der Waals surface area contributed by atoms with Crippen molar-refractivity contribution in [3.8, 4) is 5.75 Å². The molecule has 30 heavy (non-hydrogen) atoms. The minimum absolute atomic E-state index is 0.0799. The third-order valence-corrected chi connectivity index (χ3v) is 7.31. The number of para-hydroxylation sites is 1. The number of aliphatic hydroxyl groups is 1. The first-order chi connectivity index (χ1) is 14.1. The van der Waals surface area contributed by atoms with Crippen LogP contribution in [0.1, 0.15) is 38.3 Å². The maximum Gasteiger partial charge on any atom is 0.151 e. The van der Waals surface area contributed by atoms with Crippen molar-refractivity contribution in [2.75, 3.05) is 24.7 Å². The highest BCUT2D eigenvalue weighted by Gasteiger charge is 2.33. The van der Waals surface area contributed by atoms with Gasteiger partial charge in [0.2, 0.25) is 0 Å². The lowest BCUT2D eigenvalue weighted by atomic mass is 9.86. The number of nitrogens with zero attached hydrogens (tertiary/aromatic N) is 1. The molecule has 6 heteroatoms. The Kier molecular flexibility index (Phi) is 7.22. The van der Waals surface area contributed by atoms with E-state index in [1.54, 1.807) is 0 Å². The van der Waals surface area contributed by atoms with Crippen molar-refractivity contribution in [3.05, 3.63) is 65.7 Å². The average Bonchev–Trinajstić information content (AvgIpc) is 3.06. The summed E-state index contributed by atoms with van der Waals surface area (Å²) < 4.78 is 29.8. The van der Waals surface area contributed by atoms with Crippen LogP contribution < -0.4 is 4.74 Å². The molecule has 2 aromatic carbocycles. The minimum atomic E-state index is -3.00. The Morgan fingerprint density at radius 1 is 1.10 bits per heavy atom. The molecule has 2 atom stereocenters. The first-order valence-corrected chi connectivity index (χ1v) is 12.3. The van der Waals surface area contributed by atoms with Crippen molar-refractivity contribution in [2.24, 2.45) is 0 Å². The van der Waals surface area contributed by atoms with Crippen molar-refractivity contribution in [3.63, 3.8) is 0 Å². The lowest BCUT2D eigenvalue weighted by Crippen LogP contribution is -2.42. The number of hydrogen-bond acceptors (Lipinski definition) is 5. The summed E-state index contributed by atoms with van der Waals surface area (Å²) in [5, 5.41) is 10.6. The molecule has 1 heterocycles. The molecule has 1 aliphatic heterocycles. The zero-order chi connectivity index (χ0) is 21.8. The molecule has 1 N–H and O–H groups in total. The quantitative estimate of drug-likeness (QED) is 0.694. The van der Waals surface area contributed by atoms with Crippen LogP contribution in [0.25, 0.3) is 0 Å². The van der Waals surface area contributed by atoms with E-state index in [9.17, 15) is 13.5 Å². The van der Waals surface area contributed by atoms with Gasteiger partial charge in [0.05, 0.1) is 11.5 Å². The molecule has 164 valence electrons. The molecule has 0 amide bonds. The normalized spacial score (nSPS) is 19.7. The van der Waals surface area contributed by atoms with E-state index in [4.69, 9.17) is 4.74 Å². The van der Waals surface area contributed by atoms with Crippen LogP contribution >= 0.6 is 0 Å². The molecule has 2 unspecified atom stereocenters. The fraction of sp³-hybridized carbons (Fsp3) is 0.500. The lowest BCUT2D eigenvalue weighted by molar-refractivity contribution is 0.0525. The SMILES string of the molecule is CC(C)(C)c1ccc(CN(CC(O)COc2ccccc2)C2CCS(=O)(=O)C2)cc1. The molecule has 5 nitrogen and oxygen atoms in total. The van der Waals surface area contributed by atoms with Gasteiger partial charge in [0, 0.05) is 19.1 Å². The summed E-state index contributed by atoms with van der Waals surface area (Å²) in [7, 11) is -3.00. The van der Waals surface area contributed by atoms with Gasteiger partial charge < -0.3 is 9.84 Å². The van der Waals surface area contributed by atoms with E-state index in [2.05, 4.69) is 49.9 Å². The van der Waals surface area contributed by atoms with E-state index < -0.39 is 15.9 Å². The Morgan fingerprint density at radius 2 is 1.77 bits per heavy atom. The molecule has 0 saturated carbocycles. The molecule has 0 spiro atoms. The zero-order valence-electron chi connectivity index (χ0n) is 18.1. The van der Waals surface area contributed by atoms with Crippen molar-refractivity contribution in [1.82, 2.24) is 4.90 Å². The molecule has 0 aromatic heterocycles. The number of sulfone groups is 1. The maximum atomic E-state index is 12.0. The van der Waals surface area contributed by atoms with Crippen LogP contribution in [-0.4, -0.2) is 55.2 Å². The van der Waals surface area contributed by atoms with Crippen LogP contribution in [0.3, 0.4) is 0 Å². The second-order valence-corrected chi connectivity index (χ2v) is 11.4. The highest BCUT2D eigenvalue weighted by Crippen LogP contribution is 2.24. The fourth-order valence-corrected chi connectivity index (χ4v) is 5.54. The fourth-order valence-electron chi connectivity index (χ4n) is 3.78. The summed E-state index contributed by atoms with van der Waals surface area (Å²) in [5.41, 5.74) is 2.46. The number of rotatable bonds is 8. The predicted octanol–water partition coefficient (Wildman–Crippen LogP) is 3.41. The van der Waals surface area contributed by atoms with Gasteiger partial charge in [-0.25, -0.2) is 8.42 Å². The van der Waals surface area contributed by atoms with E-state index in [-0.39, 0.29) is 29.6 Å². The van der Waals surface area contributed by atoms with Gasteiger partial charge in [-0.15, -0.1) is 0 Å². The van der Waals surface area contributed by atoms with Crippen LogP contribution in [0.4, 0.5) is 0 Å². The third-order valence-electron chi connectivity index (χ3n) is 5.56. The molecule has 0 radical (unpaired) electrons. The molecular formula is C24H33NO4S. The van der Waals surface area contributed by atoms with Crippen molar-refractivity contribution < 1.29 is 18.3 Å². The summed E-state index contributed by atoms with van der Waals surface area (Å²) in [6, 6.07) is 17.8. The highest BCUT2D eigenvalue weighted by atomic mass is 32.2. The zero-order valence-corrected chi connectivity index (χ0v) is 18.9. The van der Waals surface area contributed by atoms with Crippen molar-refractivity contribution in [1.29, 1.82) is 0 Å². The van der Waals surface area contributed by atoms with Crippen molar-refractivity contribution >= 4 is 9.84 Å². The summed E-state index contributed by atoms with van der Waals surface area (Å²) in [6.07, 6.45) is -0.100. The van der Waals surface area contributed by atoms with Crippen LogP contribution in [0.2, 0.25) is 0 Å². The molecule has 1 saturated heterocycles. The van der Waals surface area contributed by atoms with Crippen LogP contribution in [-0.2, 0) is 21.8 Å². The van der Waals surface area contributed by atoms with Crippen molar-refractivity contribution in [2.45, 2.75) is 51.3 Å². The Morgan fingerprint density at radius 3 is 2.33 bits per heavy atom. The molecular weight excluding hydrogens is 398 g/mol. The number of hydrogen-bond donors (Lipinski definition) is 1. The first kappa shape index (κ1) is 22.8. The summed E-state index contributed by atoms with van der Waals surface area (Å²) in [4.78, 5) is 2.09. The molecule has 1 aliphatic rings.